The van der Waals surface area contributed by atoms with Gasteiger partial charge in [-0.25, -0.2) is 4.98 Å². The van der Waals surface area contributed by atoms with Crippen molar-refractivity contribution in [2.24, 2.45) is 0 Å². The Kier molecular flexibility index (Phi) is 4.11. The van der Waals surface area contributed by atoms with E-state index in [1.54, 1.807) is 30.6 Å². The van der Waals surface area contributed by atoms with Crippen molar-refractivity contribution in [3.05, 3.63) is 42.2 Å². The molecular formula is C13H8N3O2S-. The van der Waals surface area contributed by atoms with Crippen molar-refractivity contribution in [3.8, 4) is 17.3 Å². The Morgan fingerprint density at radius 2 is 2.26 bits per heavy atom. The van der Waals surface area contributed by atoms with Crippen LogP contribution in [-0.2, 0) is 4.79 Å². The van der Waals surface area contributed by atoms with Gasteiger partial charge in [0.25, 0.3) is 0 Å². The Morgan fingerprint density at radius 1 is 1.42 bits per heavy atom. The van der Waals surface area contributed by atoms with Crippen LogP contribution in [0, 0.1) is 11.3 Å². The molecule has 0 radical (unpaired) electrons. The number of carbonyl (C=O) groups is 1. The number of nitrogens with zero attached hydrogens (tertiary/aromatic N) is 3. The summed E-state index contributed by atoms with van der Waals surface area (Å²) in [7, 11) is 0. The zero-order chi connectivity index (χ0) is 13.7. The van der Waals surface area contributed by atoms with Crippen LogP contribution in [0.1, 0.15) is 5.56 Å². The SMILES string of the molecule is N#Cc1ccc(-c2cccnc2)nc1SCC(=O)[O-]. The highest BCUT2D eigenvalue weighted by Gasteiger charge is 2.08. The van der Waals surface area contributed by atoms with Crippen LogP contribution in [0.4, 0.5) is 0 Å². The van der Waals surface area contributed by atoms with Gasteiger partial charge in [-0.05, 0) is 24.3 Å². The zero-order valence-electron chi connectivity index (χ0n) is 9.74. The quantitative estimate of drug-likeness (QED) is 0.765. The predicted octanol–water partition coefficient (Wildman–Crippen LogP) is 0.857. The van der Waals surface area contributed by atoms with Gasteiger partial charge < -0.3 is 9.90 Å². The van der Waals surface area contributed by atoms with Gasteiger partial charge in [-0.15, -0.1) is 0 Å². The van der Waals surface area contributed by atoms with Gasteiger partial charge in [0.05, 0.1) is 17.2 Å². The minimum absolute atomic E-state index is 0.238. The first kappa shape index (κ1) is 13.1. The van der Waals surface area contributed by atoms with Gasteiger partial charge in [-0.1, -0.05) is 11.8 Å². The number of carboxylic acids is 1. The predicted molar refractivity (Wildman–Crippen MR) is 67.9 cm³/mol. The van der Waals surface area contributed by atoms with Gasteiger partial charge in [0, 0.05) is 23.7 Å². The lowest BCUT2D eigenvalue weighted by Gasteiger charge is -2.06. The highest BCUT2D eigenvalue weighted by molar-refractivity contribution is 7.99. The number of thioether (sulfide) groups is 1. The van der Waals surface area contributed by atoms with Crippen molar-refractivity contribution in [1.29, 1.82) is 5.26 Å². The van der Waals surface area contributed by atoms with Crippen molar-refractivity contribution < 1.29 is 9.90 Å². The maximum absolute atomic E-state index is 10.5. The van der Waals surface area contributed by atoms with Gasteiger partial charge >= 0.3 is 0 Å². The summed E-state index contributed by atoms with van der Waals surface area (Å²) in [4.78, 5) is 18.8. The van der Waals surface area contributed by atoms with Gasteiger partial charge in [0.2, 0.25) is 0 Å². The molecule has 2 aromatic heterocycles. The molecule has 2 aromatic rings. The molecule has 2 heterocycles. The molecular weight excluding hydrogens is 262 g/mol. The molecule has 0 N–H and O–H groups in total. The zero-order valence-corrected chi connectivity index (χ0v) is 10.6. The molecule has 0 saturated heterocycles. The van der Waals surface area contributed by atoms with E-state index >= 15 is 0 Å². The number of carboxylic acid groups (broad SMARTS) is 1. The van der Waals surface area contributed by atoms with E-state index < -0.39 is 5.97 Å². The molecule has 0 aromatic carbocycles. The fraction of sp³-hybridized carbons (Fsp3) is 0.0769. The molecule has 5 nitrogen and oxygen atoms in total. The Hall–Kier alpha value is -2.39. The van der Waals surface area contributed by atoms with E-state index in [2.05, 4.69) is 9.97 Å². The first-order valence-corrected chi connectivity index (χ1v) is 6.33. The van der Waals surface area contributed by atoms with E-state index in [1.807, 2.05) is 12.1 Å². The molecule has 2 rings (SSSR count). The van der Waals surface area contributed by atoms with E-state index in [9.17, 15) is 9.90 Å². The minimum Gasteiger partial charge on any atom is -0.549 e. The molecule has 0 amide bonds. The standard InChI is InChI=1S/C13H9N3O2S/c14-6-9-3-4-11(10-2-1-5-15-7-10)16-13(9)19-8-12(17)18/h1-5,7H,8H2,(H,17,18)/p-1. The molecule has 0 unspecified atom stereocenters. The summed E-state index contributed by atoms with van der Waals surface area (Å²) in [6.07, 6.45) is 3.31. The summed E-state index contributed by atoms with van der Waals surface area (Å²) in [5.41, 5.74) is 1.80. The van der Waals surface area contributed by atoms with Crippen LogP contribution in [0.2, 0.25) is 0 Å². The summed E-state index contributed by atoms with van der Waals surface area (Å²) in [6, 6.07) is 8.93. The summed E-state index contributed by atoms with van der Waals surface area (Å²) in [5.74, 6) is -1.43. The third-order valence-electron chi connectivity index (χ3n) is 2.26. The van der Waals surface area contributed by atoms with Gasteiger partial charge in [-0.2, -0.15) is 5.26 Å². The molecule has 19 heavy (non-hydrogen) atoms. The number of aliphatic carboxylic acids is 1. The number of hydrogen-bond acceptors (Lipinski definition) is 6. The molecule has 0 fully saturated rings. The first-order valence-electron chi connectivity index (χ1n) is 5.35. The van der Waals surface area contributed by atoms with Crippen LogP contribution < -0.4 is 5.11 Å². The van der Waals surface area contributed by atoms with E-state index in [4.69, 9.17) is 5.26 Å². The Morgan fingerprint density at radius 3 is 2.89 bits per heavy atom. The third kappa shape index (κ3) is 3.30. The van der Waals surface area contributed by atoms with Crippen LogP contribution >= 0.6 is 11.8 Å². The van der Waals surface area contributed by atoms with Crippen LogP contribution in [0.25, 0.3) is 11.3 Å². The lowest BCUT2D eigenvalue weighted by Crippen LogP contribution is -2.24. The van der Waals surface area contributed by atoms with Gasteiger partial charge in [0.1, 0.15) is 11.1 Å². The van der Waals surface area contributed by atoms with Crippen molar-refractivity contribution in [3.63, 3.8) is 0 Å². The number of aromatic nitrogens is 2. The Labute approximate surface area is 113 Å². The topological polar surface area (TPSA) is 89.7 Å². The molecule has 0 atom stereocenters. The van der Waals surface area contributed by atoms with E-state index in [-0.39, 0.29) is 5.75 Å². The van der Waals surface area contributed by atoms with Crippen molar-refractivity contribution in [2.45, 2.75) is 5.03 Å². The highest BCUT2D eigenvalue weighted by Crippen LogP contribution is 2.24. The summed E-state index contributed by atoms with van der Waals surface area (Å²) in [6.45, 7) is 0. The molecule has 94 valence electrons. The summed E-state index contributed by atoms with van der Waals surface area (Å²) >= 11 is 0.972. The summed E-state index contributed by atoms with van der Waals surface area (Å²) < 4.78 is 0. The monoisotopic (exact) mass is 270 g/mol. The van der Waals surface area contributed by atoms with Crippen LogP contribution in [-0.4, -0.2) is 21.7 Å². The number of nitriles is 1. The largest absolute Gasteiger partial charge is 0.549 e. The lowest BCUT2D eigenvalue weighted by atomic mass is 10.2. The molecule has 0 aliphatic rings. The van der Waals surface area contributed by atoms with Crippen LogP contribution in [0.3, 0.4) is 0 Å². The number of carbonyl (C=O) groups excluding carboxylic acids is 1. The average molecular weight is 270 g/mol. The minimum atomic E-state index is -1.19. The van der Waals surface area contributed by atoms with Gasteiger partial charge in [-0.3, -0.25) is 4.98 Å². The Balaban J connectivity index is 2.36. The molecule has 0 spiro atoms. The van der Waals surface area contributed by atoms with E-state index in [0.29, 0.717) is 16.3 Å². The molecule has 0 saturated carbocycles. The maximum Gasteiger partial charge on any atom is 0.115 e. The van der Waals surface area contributed by atoms with E-state index in [1.165, 1.54) is 0 Å². The fourth-order valence-electron chi connectivity index (χ4n) is 1.44. The molecule has 6 heteroatoms. The fourth-order valence-corrected chi connectivity index (χ4v) is 2.12. The highest BCUT2D eigenvalue weighted by atomic mass is 32.2. The normalized spacial score (nSPS) is 9.84. The average Bonchev–Trinajstić information content (AvgIpc) is 2.45. The second-order valence-corrected chi connectivity index (χ2v) is 4.53. The van der Waals surface area contributed by atoms with Crippen LogP contribution in [0.5, 0.6) is 0 Å². The smallest absolute Gasteiger partial charge is 0.115 e. The maximum atomic E-state index is 10.5. The second kappa shape index (κ2) is 5.98. The van der Waals surface area contributed by atoms with Crippen LogP contribution in [0.15, 0.2) is 41.7 Å². The lowest BCUT2D eigenvalue weighted by molar-refractivity contribution is -0.301. The molecule has 0 aliphatic carbocycles. The number of rotatable bonds is 4. The van der Waals surface area contributed by atoms with Gasteiger partial charge in [0.15, 0.2) is 0 Å². The third-order valence-corrected chi connectivity index (χ3v) is 3.23. The van der Waals surface area contributed by atoms with E-state index in [0.717, 1.165) is 17.3 Å². The van der Waals surface area contributed by atoms with Crippen molar-refractivity contribution in [2.75, 3.05) is 5.75 Å². The van der Waals surface area contributed by atoms with Crippen molar-refractivity contribution >= 4 is 17.7 Å². The number of pyridine rings is 2. The first-order chi connectivity index (χ1) is 9.20. The molecule has 0 aliphatic heterocycles. The number of hydrogen-bond donors (Lipinski definition) is 0. The Bertz CT molecular complexity index is 638. The second-order valence-electron chi connectivity index (χ2n) is 3.56. The molecule has 0 bridgehead atoms. The summed E-state index contributed by atoms with van der Waals surface area (Å²) in [5, 5.41) is 19.8. The van der Waals surface area contributed by atoms with Crippen molar-refractivity contribution in [1.82, 2.24) is 9.97 Å².